The van der Waals surface area contributed by atoms with Crippen LogP contribution >= 0.6 is 0 Å². The minimum atomic E-state index is -1.78. The van der Waals surface area contributed by atoms with E-state index >= 15 is 0 Å². The number of carboxylic acid groups (broad SMARTS) is 1. The number of rotatable bonds is 4. The third kappa shape index (κ3) is 3.65. The molecule has 0 saturated heterocycles. The molecule has 3 atom stereocenters. The van der Waals surface area contributed by atoms with Crippen LogP contribution in [0.3, 0.4) is 0 Å². The first kappa shape index (κ1) is 16.9. The van der Waals surface area contributed by atoms with E-state index in [1.165, 1.54) is 18.2 Å². The molecule has 3 unspecified atom stereocenters. The number of aliphatic hydroxyl groups excluding tert-OH is 3. The number of aliphatic carboxylic acids is 1. The molecule has 0 aromatic heterocycles. The molecule has 2 rings (SSSR count). The van der Waals surface area contributed by atoms with Gasteiger partial charge in [-0.1, -0.05) is 18.2 Å². The Morgan fingerprint density at radius 2 is 1.70 bits per heavy atom. The molecule has 0 heterocycles. The highest BCUT2D eigenvalue weighted by Crippen LogP contribution is 2.27. The quantitative estimate of drug-likeness (QED) is 0.486. The van der Waals surface area contributed by atoms with Crippen LogP contribution in [-0.4, -0.2) is 55.6 Å². The van der Waals surface area contributed by atoms with E-state index in [-0.39, 0.29) is 5.75 Å². The summed E-state index contributed by atoms with van der Waals surface area (Å²) in [5.41, 5.74) is -0.277. The van der Waals surface area contributed by atoms with Gasteiger partial charge in [0.2, 0.25) is 0 Å². The van der Waals surface area contributed by atoms with Crippen molar-refractivity contribution in [2.24, 2.45) is 0 Å². The lowest BCUT2D eigenvalue weighted by atomic mass is 9.83. The van der Waals surface area contributed by atoms with Gasteiger partial charge in [-0.25, -0.2) is 4.79 Å². The first-order chi connectivity index (χ1) is 10.8. The average Bonchev–Trinajstić information content (AvgIpc) is 2.51. The number of carbonyl (C=O) groups excluding carboxylic acids is 1. The van der Waals surface area contributed by atoms with Crippen molar-refractivity contribution in [1.82, 2.24) is 0 Å². The first-order valence-electron chi connectivity index (χ1n) is 6.83. The molecule has 0 radical (unpaired) electrons. The molecule has 7 heteroatoms. The Labute approximate surface area is 131 Å². The number of benzene rings is 1. The van der Waals surface area contributed by atoms with Gasteiger partial charge in [-0.05, 0) is 23.8 Å². The van der Waals surface area contributed by atoms with Crippen molar-refractivity contribution in [2.45, 2.75) is 24.7 Å². The molecule has 1 aliphatic carbocycles. The average molecular weight is 320 g/mol. The summed E-state index contributed by atoms with van der Waals surface area (Å²) in [6, 6.07) is 5.92. The molecule has 122 valence electrons. The Hall–Kier alpha value is -2.48. The zero-order valence-corrected chi connectivity index (χ0v) is 12.0. The fourth-order valence-corrected chi connectivity index (χ4v) is 2.34. The third-order valence-corrected chi connectivity index (χ3v) is 3.60. The van der Waals surface area contributed by atoms with Crippen molar-refractivity contribution in [3.63, 3.8) is 0 Å². The highest BCUT2D eigenvalue weighted by Gasteiger charge is 2.39. The van der Waals surface area contributed by atoms with Gasteiger partial charge >= 0.3 is 5.97 Å². The van der Waals surface area contributed by atoms with Crippen LogP contribution in [0.25, 0.3) is 6.08 Å². The summed E-state index contributed by atoms with van der Waals surface area (Å²) in [7, 11) is 0. The van der Waals surface area contributed by atoms with Gasteiger partial charge in [0, 0.05) is 17.6 Å². The van der Waals surface area contributed by atoms with Crippen LogP contribution in [0.4, 0.5) is 0 Å². The number of phenols is 1. The zero-order valence-electron chi connectivity index (χ0n) is 12.0. The maximum atomic E-state index is 12.2. The van der Waals surface area contributed by atoms with Crippen molar-refractivity contribution in [3.05, 3.63) is 47.1 Å². The van der Waals surface area contributed by atoms with E-state index < -0.39 is 47.6 Å². The fraction of sp³-hybridized carbons (Fsp3) is 0.250. The molecular formula is C16H16O7. The van der Waals surface area contributed by atoms with E-state index in [0.29, 0.717) is 5.56 Å². The second kappa shape index (κ2) is 6.74. The molecule has 0 saturated carbocycles. The molecule has 1 aromatic rings. The number of aromatic hydroxyl groups is 1. The number of hydrogen-bond acceptors (Lipinski definition) is 6. The van der Waals surface area contributed by atoms with E-state index in [4.69, 9.17) is 5.11 Å². The van der Waals surface area contributed by atoms with E-state index in [2.05, 4.69) is 0 Å². The van der Waals surface area contributed by atoms with Gasteiger partial charge in [0.1, 0.15) is 18.0 Å². The van der Waals surface area contributed by atoms with Crippen LogP contribution in [0.2, 0.25) is 0 Å². The molecular weight excluding hydrogens is 304 g/mol. The van der Waals surface area contributed by atoms with Gasteiger partial charge in [-0.3, -0.25) is 4.79 Å². The highest BCUT2D eigenvalue weighted by atomic mass is 16.4. The second-order valence-corrected chi connectivity index (χ2v) is 5.19. The number of aliphatic hydroxyl groups is 3. The predicted octanol–water partition coefficient (Wildman–Crippen LogP) is -0.158. The van der Waals surface area contributed by atoms with Crippen LogP contribution in [0.5, 0.6) is 5.75 Å². The highest BCUT2D eigenvalue weighted by molar-refractivity contribution is 6.11. The zero-order chi connectivity index (χ0) is 17.1. The molecule has 23 heavy (non-hydrogen) atoms. The summed E-state index contributed by atoms with van der Waals surface area (Å²) in [6.07, 6.45) is -2.83. The molecule has 0 aliphatic heterocycles. The fourth-order valence-electron chi connectivity index (χ4n) is 2.34. The van der Waals surface area contributed by atoms with E-state index in [0.717, 1.165) is 6.08 Å². The number of carboxylic acids is 1. The van der Waals surface area contributed by atoms with Crippen molar-refractivity contribution in [2.75, 3.05) is 0 Å². The SMILES string of the molecule is O=C(O)C1=C(C(=O)C=Cc2ccc(O)cc2)C(O)C(O)C(O)C1. The van der Waals surface area contributed by atoms with Crippen LogP contribution in [0.1, 0.15) is 12.0 Å². The number of allylic oxidation sites excluding steroid dienone is 1. The van der Waals surface area contributed by atoms with Crippen molar-refractivity contribution in [3.8, 4) is 5.75 Å². The predicted molar refractivity (Wildman–Crippen MR) is 79.4 cm³/mol. The molecule has 7 nitrogen and oxygen atoms in total. The normalized spacial score (nSPS) is 24.9. The summed E-state index contributed by atoms with van der Waals surface area (Å²) < 4.78 is 0. The van der Waals surface area contributed by atoms with Crippen LogP contribution < -0.4 is 0 Å². The molecule has 0 spiro atoms. The summed E-state index contributed by atoms with van der Waals surface area (Å²) in [5.74, 6) is -2.14. The smallest absolute Gasteiger partial charge is 0.332 e. The molecule has 0 fully saturated rings. The van der Waals surface area contributed by atoms with Gasteiger partial charge in [-0.15, -0.1) is 0 Å². The molecule has 5 N–H and O–H groups in total. The van der Waals surface area contributed by atoms with Crippen LogP contribution in [0.15, 0.2) is 41.5 Å². The maximum Gasteiger partial charge on any atom is 0.332 e. The number of phenolic OH excluding ortho intramolecular Hbond substituents is 1. The summed E-state index contributed by atoms with van der Waals surface area (Å²) in [6.45, 7) is 0. The van der Waals surface area contributed by atoms with Crippen LogP contribution in [-0.2, 0) is 9.59 Å². The summed E-state index contributed by atoms with van der Waals surface area (Å²) in [4.78, 5) is 23.4. The van der Waals surface area contributed by atoms with E-state index in [1.54, 1.807) is 12.1 Å². The van der Waals surface area contributed by atoms with E-state index in [1.807, 2.05) is 0 Å². The lowest BCUT2D eigenvalue weighted by Crippen LogP contribution is -2.45. The van der Waals surface area contributed by atoms with Gasteiger partial charge in [0.25, 0.3) is 0 Å². The standard InChI is InChI=1S/C16H16O7/c17-9-4-1-8(2-5-9)3-6-11(18)13-10(16(22)23)7-12(19)14(20)15(13)21/h1-6,12,14-15,17,19-21H,7H2,(H,22,23). The monoisotopic (exact) mass is 320 g/mol. The topological polar surface area (TPSA) is 135 Å². The number of hydrogen-bond donors (Lipinski definition) is 5. The molecule has 0 bridgehead atoms. The molecule has 0 amide bonds. The van der Waals surface area contributed by atoms with Crippen molar-refractivity contribution in [1.29, 1.82) is 0 Å². The van der Waals surface area contributed by atoms with Crippen molar-refractivity contribution < 1.29 is 35.1 Å². The number of ketones is 1. The Morgan fingerprint density at radius 3 is 2.26 bits per heavy atom. The Balaban J connectivity index is 2.32. The summed E-state index contributed by atoms with van der Waals surface area (Å²) in [5, 5.41) is 47.4. The van der Waals surface area contributed by atoms with Gasteiger partial charge < -0.3 is 25.5 Å². The lowest BCUT2D eigenvalue weighted by molar-refractivity contribution is -0.135. The molecule has 1 aliphatic rings. The van der Waals surface area contributed by atoms with E-state index in [9.17, 15) is 30.0 Å². The third-order valence-electron chi connectivity index (χ3n) is 3.60. The first-order valence-corrected chi connectivity index (χ1v) is 6.83. The number of carbonyl (C=O) groups is 2. The Kier molecular flexibility index (Phi) is 4.95. The Morgan fingerprint density at radius 1 is 1.09 bits per heavy atom. The Bertz CT molecular complexity index is 672. The minimum Gasteiger partial charge on any atom is -0.508 e. The second-order valence-electron chi connectivity index (χ2n) is 5.19. The lowest BCUT2D eigenvalue weighted by Gasteiger charge is -2.30. The van der Waals surface area contributed by atoms with Crippen LogP contribution in [0, 0.1) is 0 Å². The van der Waals surface area contributed by atoms with Gasteiger partial charge in [0.15, 0.2) is 5.78 Å². The minimum absolute atomic E-state index is 0.0594. The molecule has 1 aromatic carbocycles. The summed E-state index contributed by atoms with van der Waals surface area (Å²) >= 11 is 0. The van der Waals surface area contributed by atoms with Crippen molar-refractivity contribution >= 4 is 17.8 Å². The van der Waals surface area contributed by atoms with Gasteiger partial charge in [0.05, 0.1) is 6.10 Å². The largest absolute Gasteiger partial charge is 0.508 e. The maximum absolute atomic E-state index is 12.2. The van der Waals surface area contributed by atoms with Gasteiger partial charge in [-0.2, -0.15) is 0 Å².